The summed E-state index contributed by atoms with van der Waals surface area (Å²) in [6.45, 7) is 0. The molecule has 7 rings (SSSR count). The van der Waals surface area contributed by atoms with Crippen LogP contribution in [0.15, 0.2) is 78.2 Å². The van der Waals surface area contributed by atoms with Crippen molar-refractivity contribution in [3.63, 3.8) is 0 Å². The summed E-state index contributed by atoms with van der Waals surface area (Å²) in [5.74, 6) is 1.61. The second kappa shape index (κ2) is 11.7. The van der Waals surface area contributed by atoms with Crippen LogP contribution in [0.3, 0.4) is 0 Å². The average Bonchev–Trinajstić information content (AvgIpc) is 3.69. The Morgan fingerprint density at radius 2 is 1.15 bits per heavy atom. The molecular weight excluding hydrogens is 544 g/mol. The zero-order valence-electron chi connectivity index (χ0n) is 23.4. The molecule has 5 aromatic rings. The smallest absolute Gasteiger partial charge is 0.234 e. The number of fused-ring (bicyclic) bond motifs is 3. The van der Waals surface area contributed by atoms with Crippen molar-refractivity contribution in [3.8, 4) is 0 Å². The van der Waals surface area contributed by atoms with Gasteiger partial charge in [-0.3, -0.25) is 0 Å². The summed E-state index contributed by atoms with van der Waals surface area (Å²) >= 11 is 3.86. The summed E-state index contributed by atoms with van der Waals surface area (Å²) in [4.78, 5) is 12.8. The van der Waals surface area contributed by atoms with E-state index in [0.29, 0.717) is 0 Å². The molecule has 40 heavy (non-hydrogen) atoms. The van der Waals surface area contributed by atoms with Crippen LogP contribution in [0.1, 0.15) is 75.3 Å². The van der Waals surface area contributed by atoms with Crippen molar-refractivity contribution >= 4 is 65.6 Å². The van der Waals surface area contributed by atoms with Gasteiger partial charge in [-0.25, -0.2) is 4.89 Å². The fourth-order valence-electron chi connectivity index (χ4n) is 7.47. The van der Waals surface area contributed by atoms with Crippen LogP contribution in [0.4, 0.5) is 0 Å². The van der Waals surface area contributed by atoms with Crippen LogP contribution in [-0.4, -0.2) is 4.89 Å². The van der Waals surface area contributed by atoms with Gasteiger partial charge in [0.15, 0.2) is 4.62 Å². The van der Waals surface area contributed by atoms with Crippen molar-refractivity contribution in [1.29, 1.82) is 0 Å². The first kappa shape index (κ1) is 26.8. The molecule has 0 unspecified atom stereocenters. The highest BCUT2D eigenvalue weighted by atomic mass is 32.1. The maximum atomic E-state index is 12.8. The van der Waals surface area contributed by atoms with Gasteiger partial charge >= 0.3 is 0 Å². The molecule has 2 saturated carbocycles. The first-order valence-electron chi connectivity index (χ1n) is 15.4. The molecule has 2 heterocycles. The van der Waals surface area contributed by atoms with Gasteiger partial charge in [-0.05, 0) is 71.5 Å². The van der Waals surface area contributed by atoms with Crippen molar-refractivity contribution < 1.29 is 4.89 Å². The van der Waals surface area contributed by atoms with E-state index in [2.05, 4.69) is 78.2 Å². The lowest BCUT2D eigenvalue weighted by atomic mass is 9.80. The predicted molar refractivity (Wildman–Crippen MR) is 179 cm³/mol. The minimum Gasteiger partial charge on any atom is -0.234 e. The van der Waals surface area contributed by atoms with Gasteiger partial charge in [-0.15, -0.1) is 11.3 Å². The van der Waals surface area contributed by atoms with Crippen molar-refractivity contribution in [3.05, 3.63) is 89.3 Å². The topological polar surface area (TPSA) is 20.2 Å². The minimum atomic E-state index is -2.75. The fourth-order valence-corrected chi connectivity index (χ4v) is 13.2. The second-order valence-electron chi connectivity index (χ2n) is 12.2. The number of thiophene rings is 2. The van der Waals surface area contributed by atoms with Gasteiger partial charge in [0.05, 0.1) is 0 Å². The standard InChI is InChI=1S/C36H40OPS2/c37-38(28-17-9-3-10-18-28,29-19-11-4-12-20-29)34-25-33-30-21-22-39-35(30)31(23-26-13-5-1-6-14-26)32(36(33)40-34)24-27-15-7-2-8-16-27/h3-4,9-12,17-22,25-27,37H,1-2,5-8,13-16,23-24H2/q+1. The summed E-state index contributed by atoms with van der Waals surface area (Å²) in [5.41, 5.74) is 3.29. The largest absolute Gasteiger partial charge is 0.248 e. The molecule has 206 valence electrons. The quantitative estimate of drug-likeness (QED) is 0.189. The maximum Gasteiger partial charge on any atom is 0.248 e. The molecule has 0 atom stereocenters. The summed E-state index contributed by atoms with van der Waals surface area (Å²) in [7, 11) is -2.75. The molecule has 3 aromatic carbocycles. The van der Waals surface area contributed by atoms with E-state index in [4.69, 9.17) is 0 Å². The van der Waals surface area contributed by atoms with Crippen molar-refractivity contribution in [1.82, 2.24) is 0 Å². The molecule has 0 bridgehead atoms. The normalized spacial score (nSPS) is 17.6. The summed E-state index contributed by atoms with van der Waals surface area (Å²) < 4.78 is 4.13. The molecule has 0 aliphatic heterocycles. The van der Waals surface area contributed by atoms with E-state index in [1.807, 2.05) is 22.7 Å². The monoisotopic (exact) mass is 583 g/mol. The van der Waals surface area contributed by atoms with Crippen LogP contribution in [-0.2, 0) is 12.8 Å². The number of benzene rings is 3. The molecule has 0 radical (unpaired) electrons. The number of hydrogen-bond acceptors (Lipinski definition) is 3. The van der Waals surface area contributed by atoms with E-state index in [0.717, 1.165) is 27.1 Å². The van der Waals surface area contributed by atoms with E-state index in [-0.39, 0.29) is 0 Å². The minimum absolute atomic E-state index is 0.793. The van der Waals surface area contributed by atoms with E-state index in [1.165, 1.54) is 97.2 Å². The Kier molecular flexibility index (Phi) is 7.84. The summed E-state index contributed by atoms with van der Waals surface area (Å²) in [6.07, 6.45) is 16.3. The third-order valence-electron chi connectivity index (χ3n) is 9.60. The Labute approximate surface area is 247 Å². The van der Waals surface area contributed by atoms with Crippen LogP contribution >= 0.6 is 30.2 Å². The highest BCUT2D eigenvalue weighted by Crippen LogP contribution is 2.55. The fraction of sp³-hybridized carbons (Fsp3) is 0.389. The third-order valence-corrected chi connectivity index (χ3v) is 15.5. The molecule has 0 amide bonds. The zero-order valence-corrected chi connectivity index (χ0v) is 25.9. The molecule has 2 aromatic heterocycles. The highest BCUT2D eigenvalue weighted by Gasteiger charge is 2.46. The van der Waals surface area contributed by atoms with Crippen molar-refractivity contribution in [2.75, 3.05) is 0 Å². The van der Waals surface area contributed by atoms with Gasteiger partial charge in [-0.2, -0.15) is 0 Å². The molecular formula is C36H40OPS2+. The average molecular weight is 584 g/mol. The first-order valence-corrected chi connectivity index (χ1v) is 18.8. The van der Waals surface area contributed by atoms with Gasteiger partial charge in [0.25, 0.3) is 0 Å². The first-order chi connectivity index (χ1) is 19.7. The van der Waals surface area contributed by atoms with Crippen molar-refractivity contribution in [2.45, 2.75) is 77.0 Å². The Morgan fingerprint density at radius 1 is 0.625 bits per heavy atom. The van der Waals surface area contributed by atoms with E-state index >= 15 is 0 Å². The number of rotatable bonds is 7. The van der Waals surface area contributed by atoms with E-state index < -0.39 is 7.49 Å². The molecule has 2 aliphatic carbocycles. The number of hydrogen-bond donors (Lipinski definition) is 1. The Balaban J connectivity index is 1.45. The second-order valence-corrected chi connectivity index (χ2v) is 17.2. The lowest BCUT2D eigenvalue weighted by Gasteiger charge is -2.26. The Bertz CT molecular complexity index is 1530. The molecule has 2 aliphatic rings. The third kappa shape index (κ3) is 4.98. The van der Waals surface area contributed by atoms with Crippen LogP contribution in [0.5, 0.6) is 0 Å². The predicted octanol–water partition coefficient (Wildman–Crippen LogP) is 9.56. The summed E-state index contributed by atoms with van der Waals surface area (Å²) in [6, 6.07) is 25.7. The van der Waals surface area contributed by atoms with Gasteiger partial charge in [0.2, 0.25) is 7.49 Å². The van der Waals surface area contributed by atoms with E-state index in [1.54, 1.807) is 11.1 Å². The van der Waals surface area contributed by atoms with E-state index in [9.17, 15) is 4.89 Å². The van der Waals surface area contributed by atoms with Crippen LogP contribution in [0, 0.1) is 11.8 Å². The van der Waals surface area contributed by atoms with Crippen molar-refractivity contribution in [2.24, 2.45) is 11.8 Å². The molecule has 2 fully saturated rings. The lowest BCUT2D eigenvalue weighted by Crippen LogP contribution is -2.28. The Morgan fingerprint density at radius 3 is 1.70 bits per heavy atom. The van der Waals surface area contributed by atoms with Crippen LogP contribution in [0.25, 0.3) is 20.2 Å². The summed E-state index contributed by atoms with van der Waals surface area (Å²) in [5, 5.41) is 7.19. The van der Waals surface area contributed by atoms with Crippen LogP contribution in [0.2, 0.25) is 0 Å². The zero-order chi connectivity index (χ0) is 26.9. The molecule has 0 saturated heterocycles. The highest BCUT2D eigenvalue weighted by molar-refractivity contribution is 7.94. The molecule has 0 spiro atoms. The van der Waals surface area contributed by atoms with Gasteiger partial charge < -0.3 is 0 Å². The van der Waals surface area contributed by atoms with Gasteiger partial charge in [0.1, 0.15) is 10.6 Å². The lowest BCUT2D eigenvalue weighted by molar-refractivity contribution is 0.348. The van der Waals surface area contributed by atoms with Gasteiger partial charge in [-0.1, -0.05) is 112 Å². The van der Waals surface area contributed by atoms with Crippen LogP contribution < -0.4 is 15.2 Å². The van der Waals surface area contributed by atoms with Gasteiger partial charge in [0, 0.05) is 26.2 Å². The molecule has 4 heteroatoms. The Hall–Kier alpha value is -2.03. The SMILES string of the molecule is O[P+](c1ccccc1)(c1ccccc1)c1cc2c(s1)c(CC1CCCCC1)c(CC1CCCCC1)c1sccc12. The maximum absolute atomic E-state index is 12.8. The molecule has 1 N–H and O–H groups in total. The molecule has 1 nitrogen and oxygen atoms in total.